The number of benzene rings is 1. The van der Waals surface area contributed by atoms with Gasteiger partial charge in [0.25, 0.3) is 0 Å². The van der Waals surface area contributed by atoms with Crippen molar-refractivity contribution in [2.75, 3.05) is 0 Å². The number of aldehydes is 1. The molecule has 0 radical (unpaired) electrons. The Morgan fingerprint density at radius 3 is 2.65 bits per heavy atom. The molecule has 1 N–H and O–H groups in total. The van der Waals surface area contributed by atoms with Crippen LogP contribution in [0.2, 0.25) is 5.02 Å². The number of carbonyl (C=O) groups is 2. The molecule has 0 fully saturated rings. The minimum Gasteiger partial charge on any atom is -0.444 e. The van der Waals surface area contributed by atoms with E-state index in [1.165, 1.54) is 12.1 Å². The average Bonchev–Trinajstić information content (AvgIpc) is 2.30. The van der Waals surface area contributed by atoms with E-state index < -0.39 is 23.6 Å². The molecular weight excluding hydrogens is 285 g/mol. The first-order valence-corrected chi connectivity index (χ1v) is 6.49. The van der Waals surface area contributed by atoms with E-state index >= 15 is 0 Å². The van der Waals surface area contributed by atoms with Gasteiger partial charge < -0.3 is 14.8 Å². The second-order valence-corrected chi connectivity index (χ2v) is 5.68. The summed E-state index contributed by atoms with van der Waals surface area (Å²) in [5.41, 5.74) is -0.203. The Labute approximate surface area is 122 Å². The number of ether oxygens (including phenoxy) is 1. The lowest BCUT2D eigenvalue weighted by molar-refractivity contribution is -0.108. The van der Waals surface area contributed by atoms with E-state index in [0.29, 0.717) is 11.8 Å². The second-order valence-electron chi connectivity index (χ2n) is 5.27. The van der Waals surface area contributed by atoms with E-state index in [4.69, 9.17) is 16.3 Å². The standard InChI is InChI=1S/C14H17ClFNO3/c1-14(2,3)20-13(19)17-12(6-7-18)9-4-5-10(15)11(16)8-9/h4-5,7-8,12H,6H2,1-3H3,(H,17,19)/t12-/m1/s1. The summed E-state index contributed by atoms with van der Waals surface area (Å²) in [5.74, 6) is -0.606. The van der Waals surface area contributed by atoms with E-state index in [0.717, 1.165) is 0 Å². The molecule has 0 aromatic heterocycles. The summed E-state index contributed by atoms with van der Waals surface area (Å²) in [7, 11) is 0. The van der Waals surface area contributed by atoms with Gasteiger partial charge in [-0.1, -0.05) is 17.7 Å². The maximum atomic E-state index is 13.4. The normalized spacial score (nSPS) is 12.7. The van der Waals surface area contributed by atoms with Crippen molar-refractivity contribution < 1.29 is 18.7 Å². The van der Waals surface area contributed by atoms with Crippen LogP contribution in [0, 0.1) is 5.82 Å². The van der Waals surface area contributed by atoms with Crippen LogP contribution in [0.4, 0.5) is 9.18 Å². The molecule has 0 bridgehead atoms. The van der Waals surface area contributed by atoms with Crippen LogP contribution >= 0.6 is 11.6 Å². The largest absolute Gasteiger partial charge is 0.444 e. The van der Waals surface area contributed by atoms with Gasteiger partial charge in [-0.2, -0.15) is 0 Å². The van der Waals surface area contributed by atoms with Gasteiger partial charge in [-0.15, -0.1) is 0 Å². The molecule has 0 saturated heterocycles. The number of amides is 1. The number of alkyl carbamates (subject to hydrolysis) is 1. The van der Waals surface area contributed by atoms with Gasteiger partial charge >= 0.3 is 6.09 Å². The van der Waals surface area contributed by atoms with Crippen LogP contribution in [0.5, 0.6) is 0 Å². The molecule has 1 rings (SSSR count). The highest BCUT2D eigenvalue weighted by Gasteiger charge is 2.21. The highest BCUT2D eigenvalue weighted by molar-refractivity contribution is 6.30. The molecule has 1 amide bonds. The fourth-order valence-corrected chi connectivity index (χ4v) is 1.67. The molecule has 1 aromatic rings. The van der Waals surface area contributed by atoms with Gasteiger partial charge in [0, 0.05) is 6.42 Å². The minimum absolute atomic E-state index is 0.0142. The number of carbonyl (C=O) groups excluding carboxylic acids is 2. The van der Waals surface area contributed by atoms with Gasteiger partial charge in [0.15, 0.2) is 0 Å². The topological polar surface area (TPSA) is 55.4 Å². The zero-order valence-electron chi connectivity index (χ0n) is 11.6. The van der Waals surface area contributed by atoms with Crippen molar-refractivity contribution in [3.8, 4) is 0 Å². The van der Waals surface area contributed by atoms with Crippen LogP contribution in [0.3, 0.4) is 0 Å². The molecule has 0 aliphatic carbocycles. The lowest BCUT2D eigenvalue weighted by atomic mass is 10.0. The number of halogens is 2. The third-order valence-corrected chi connectivity index (χ3v) is 2.68. The summed E-state index contributed by atoms with van der Waals surface area (Å²) in [6, 6.07) is 3.46. The molecule has 0 saturated carbocycles. The molecule has 110 valence electrons. The summed E-state index contributed by atoms with van der Waals surface area (Å²) in [4.78, 5) is 22.4. The van der Waals surface area contributed by atoms with Crippen molar-refractivity contribution in [1.29, 1.82) is 0 Å². The highest BCUT2D eigenvalue weighted by Crippen LogP contribution is 2.22. The summed E-state index contributed by atoms with van der Waals surface area (Å²) >= 11 is 5.60. The Bertz CT molecular complexity index is 500. The number of nitrogens with one attached hydrogen (secondary N) is 1. The van der Waals surface area contributed by atoms with Crippen LogP contribution in [-0.4, -0.2) is 18.0 Å². The zero-order chi connectivity index (χ0) is 15.3. The molecule has 6 heteroatoms. The molecule has 0 heterocycles. The molecule has 0 unspecified atom stereocenters. The van der Waals surface area contributed by atoms with E-state index in [-0.39, 0.29) is 11.4 Å². The Balaban J connectivity index is 2.85. The third-order valence-electron chi connectivity index (χ3n) is 2.37. The lowest BCUT2D eigenvalue weighted by Gasteiger charge is -2.23. The molecule has 4 nitrogen and oxygen atoms in total. The minimum atomic E-state index is -0.667. The van der Waals surface area contributed by atoms with Gasteiger partial charge in [-0.3, -0.25) is 0 Å². The first-order valence-electron chi connectivity index (χ1n) is 6.11. The van der Waals surface area contributed by atoms with Crippen LogP contribution < -0.4 is 5.32 Å². The number of rotatable bonds is 4. The van der Waals surface area contributed by atoms with E-state index in [2.05, 4.69) is 5.32 Å². The third kappa shape index (κ3) is 5.17. The predicted molar refractivity (Wildman–Crippen MR) is 74.2 cm³/mol. The molecular formula is C14H17ClFNO3. The summed E-state index contributed by atoms with van der Waals surface area (Å²) < 4.78 is 18.5. The van der Waals surface area contributed by atoms with Gasteiger partial charge in [0.1, 0.15) is 17.7 Å². The number of hydrogen-bond acceptors (Lipinski definition) is 3. The zero-order valence-corrected chi connectivity index (χ0v) is 12.3. The van der Waals surface area contributed by atoms with Gasteiger partial charge in [0.05, 0.1) is 11.1 Å². The fraction of sp³-hybridized carbons (Fsp3) is 0.429. The quantitative estimate of drug-likeness (QED) is 0.864. The molecule has 20 heavy (non-hydrogen) atoms. The van der Waals surface area contributed by atoms with Crippen LogP contribution in [-0.2, 0) is 9.53 Å². The van der Waals surface area contributed by atoms with Crippen molar-refractivity contribution >= 4 is 24.0 Å². The van der Waals surface area contributed by atoms with Crippen molar-refractivity contribution in [3.63, 3.8) is 0 Å². The Kier molecular flexibility index (Phi) is 5.51. The molecule has 0 spiro atoms. The molecule has 1 atom stereocenters. The number of hydrogen-bond donors (Lipinski definition) is 1. The van der Waals surface area contributed by atoms with Crippen LogP contribution in [0.25, 0.3) is 0 Å². The van der Waals surface area contributed by atoms with Crippen molar-refractivity contribution in [3.05, 3.63) is 34.6 Å². The molecule has 0 aliphatic rings. The maximum absolute atomic E-state index is 13.4. The second kappa shape index (κ2) is 6.70. The van der Waals surface area contributed by atoms with Crippen molar-refractivity contribution in [2.24, 2.45) is 0 Å². The smallest absolute Gasteiger partial charge is 0.408 e. The van der Waals surface area contributed by atoms with Gasteiger partial charge in [-0.25, -0.2) is 9.18 Å². The van der Waals surface area contributed by atoms with Crippen molar-refractivity contribution in [1.82, 2.24) is 5.32 Å². The first-order chi connectivity index (χ1) is 9.23. The van der Waals surface area contributed by atoms with E-state index in [1.54, 1.807) is 26.8 Å². The van der Waals surface area contributed by atoms with Gasteiger partial charge in [-0.05, 0) is 38.5 Å². The van der Waals surface area contributed by atoms with E-state index in [1.807, 2.05) is 0 Å². The first kappa shape index (κ1) is 16.4. The Morgan fingerprint density at radius 1 is 1.50 bits per heavy atom. The summed E-state index contributed by atoms with van der Waals surface area (Å²) in [6.45, 7) is 5.18. The Hall–Kier alpha value is -1.62. The lowest BCUT2D eigenvalue weighted by Crippen LogP contribution is -2.35. The predicted octanol–water partition coefficient (Wildman–Crippen LogP) is 3.63. The summed E-state index contributed by atoms with van der Waals surface area (Å²) in [6.07, 6.45) is -0.00537. The molecule has 1 aromatic carbocycles. The summed E-state index contributed by atoms with van der Waals surface area (Å²) in [5, 5.41) is 2.52. The van der Waals surface area contributed by atoms with Crippen LogP contribution in [0.1, 0.15) is 38.8 Å². The Morgan fingerprint density at radius 2 is 2.15 bits per heavy atom. The average molecular weight is 302 g/mol. The van der Waals surface area contributed by atoms with Gasteiger partial charge in [0.2, 0.25) is 0 Å². The van der Waals surface area contributed by atoms with Crippen molar-refractivity contribution in [2.45, 2.75) is 38.8 Å². The monoisotopic (exact) mass is 301 g/mol. The maximum Gasteiger partial charge on any atom is 0.408 e. The van der Waals surface area contributed by atoms with Crippen LogP contribution in [0.15, 0.2) is 18.2 Å². The SMILES string of the molecule is CC(C)(C)OC(=O)N[C@H](CC=O)c1ccc(Cl)c(F)c1. The van der Waals surface area contributed by atoms with E-state index in [9.17, 15) is 14.0 Å². The highest BCUT2D eigenvalue weighted by atomic mass is 35.5. The molecule has 0 aliphatic heterocycles. The fourth-order valence-electron chi connectivity index (χ4n) is 1.55.